The summed E-state index contributed by atoms with van der Waals surface area (Å²) >= 11 is 12.4. The lowest BCUT2D eigenvalue weighted by Crippen LogP contribution is -2.53. The van der Waals surface area contributed by atoms with Crippen molar-refractivity contribution in [1.29, 1.82) is 0 Å². The first-order valence-electron chi connectivity index (χ1n) is 13.1. The molecule has 4 rings (SSSR count). The van der Waals surface area contributed by atoms with Crippen LogP contribution in [0.15, 0.2) is 47.5 Å². The first-order valence-corrected chi connectivity index (χ1v) is 13.8. The third kappa shape index (κ3) is 6.37. The van der Waals surface area contributed by atoms with Gasteiger partial charge >= 0.3 is 14.2 Å². The number of ether oxygens (including phenoxy) is 1. The standard InChI is InChI=1S/C24H25Cl2F3N3O6P/c1-4-35-39(34,36-5-2)38-20-14-30-22-31(18-11-16(25)10-17(26)12-18)21(33)23(3,32(20)22)13-15-6-8-19(9-7-15)37-24(27,28)29/h6-12,20H,4-5,13-14H2,1-3H3/t20?,23-/m1/s1/i3D3,14+1,20+1. The number of halogens is 5. The number of amides is 1. The Hall–Kier alpha value is -2.34. The van der Waals surface area contributed by atoms with E-state index in [-0.39, 0.29) is 47.0 Å². The minimum absolute atomic E-state index is 0.0689. The van der Waals surface area contributed by atoms with Crippen molar-refractivity contribution in [2.45, 2.75) is 45.2 Å². The quantitative estimate of drug-likeness (QED) is 0.225. The van der Waals surface area contributed by atoms with Gasteiger partial charge in [-0.2, -0.15) is 0 Å². The molecule has 2 heterocycles. The van der Waals surface area contributed by atoms with Gasteiger partial charge in [0.25, 0.3) is 5.91 Å². The molecule has 9 nitrogen and oxygen atoms in total. The molecule has 2 aliphatic rings. The van der Waals surface area contributed by atoms with Crippen LogP contribution in [-0.4, -0.2) is 54.7 Å². The van der Waals surface area contributed by atoms with E-state index in [0.29, 0.717) is 0 Å². The van der Waals surface area contributed by atoms with Crippen molar-refractivity contribution in [2.75, 3.05) is 24.7 Å². The molecule has 1 fully saturated rings. The summed E-state index contributed by atoms with van der Waals surface area (Å²) in [6.07, 6.45) is -6.91. The Morgan fingerprint density at radius 1 is 1.13 bits per heavy atom. The maximum atomic E-state index is 14.3. The molecule has 1 saturated heterocycles. The Morgan fingerprint density at radius 3 is 2.28 bits per heavy atom. The molecule has 0 aromatic heterocycles. The largest absolute Gasteiger partial charge is 0.573 e. The molecule has 1 unspecified atom stereocenters. The van der Waals surface area contributed by atoms with Gasteiger partial charge < -0.3 is 4.74 Å². The number of anilines is 1. The second kappa shape index (κ2) is 11.3. The Labute approximate surface area is 237 Å². The molecule has 0 aliphatic carbocycles. The van der Waals surface area contributed by atoms with E-state index in [1.807, 2.05) is 0 Å². The second-order valence-electron chi connectivity index (χ2n) is 8.35. The first-order chi connectivity index (χ1) is 19.5. The van der Waals surface area contributed by atoms with Crippen LogP contribution in [0.5, 0.6) is 5.75 Å². The number of carbonyl (C=O) groups is 1. The molecule has 0 saturated carbocycles. The van der Waals surface area contributed by atoms with Gasteiger partial charge in [0.2, 0.25) is 5.96 Å². The van der Waals surface area contributed by atoms with Crippen LogP contribution in [0.2, 0.25) is 10.0 Å². The average Bonchev–Trinajstić information content (AvgIpc) is 3.35. The fraction of sp³-hybridized carbons (Fsp3) is 0.417. The highest BCUT2D eigenvalue weighted by Crippen LogP contribution is 2.53. The van der Waals surface area contributed by atoms with Gasteiger partial charge in [-0.15, -0.1) is 13.2 Å². The Balaban J connectivity index is 1.85. The number of guanidine groups is 1. The molecule has 212 valence electrons. The Morgan fingerprint density at radius 2 is 1.74 bits per heavy atom. The molecule has 2 aromatic rings. The van der Waals surface area contributed by atoms with Gasteiger partial charge in [0.05, 0.1) is 25.4 Å². The fourth-order valence-corrected chi connectivity index (χ4v) is 6.03. The zero-order valence-electron chi connectivity index (χ0n) is 23.6. The van der Waals surface area contributed by atoms with Gasteiger partial charge in [-0.3, -0.25) is 23.3 Å². The lowest BCUT2D eigenvalue weighted by atomic mass is 9.91. The summed E-state index contributed by atoms with van der Waals surface area (Å²) in [6.45, 7) is -0.409. The lowest BCUT2D eigenvalue weighted by Gasteiger charge is -2.36. The number of phosphoric ester groups is 1. The van der Waals surface area contributed by atoms with E-state index in [1.54, 1.807) is 13.8 Å². The molecule has 0 N–H and O–H groups in total. The first kappa shape index (κ1) is 25.6. The molecule has 0 spiro atoms. The van der Waals surface area contributed by atoms with Crippen molar-refractivity contribution in [3.05, 3.63) is 58.1 Å². The van der Waals surface area contributed by atoms with Gasteiger partial charge in [0, 0.05) is 20.6 Å². The smallest absolute Gasteiger partial charge is 0.406 e. The molecule has 0 bridgehead atoms. The molecular weight excluding hydrogens is 587 g/mol. The molecule has 0 radical (unpaired) electrons. The second-order valence-corrected chi connectivity index (χ2v) is 10.8. The number of hydrogen-bond donors (Lipinski definition) is 0. The predicted molar refractivity (Wildman–Crippen MR) is 139 cm³/mol. The van der Waals surface area contributed by atoms with Crippen LogP contribution >= 0.6 is 31.0 Å². The number of fused-ring (bicyclic) bond motifs is 1. The predicted octanol–water partition coefficient (Wildman–Crippen LogP) is 6.44. The minimum atomic E-state index is -4.94. The third-order valence-corrected chi connectivity index (χ3v) is 7.69. The van der Waals surface area contributed by atoms with E-state index in [4.69, 9.17) is 40.9 Å². The number of alkyl halides is 3. The van der Waals surface area contributed by atoms with Crippen molar-refractivity contribution < 1.29 is 45.0 Å². The zero-order valence-corrected chi connectivity index (χ0v) is 23.0. The van der Waals surface area contributed by atoms with E-state index in [0.717, 1.165) is 21.9 Å². The van der Waals surface area contributed by atoms with Crippen LogP contribution in [0.1, 0.15) is 30.4 Å². The minimum Gasteiger partial charge on any atom is -0.406 e. The van der Waals surface area contributed by atoms with Crippen LogP contribution in [0.3, 0.4) is 0 Å². The van der Waals surface area contributed by atoms with Crippen LogP contribution in [0.4, 0.5) is 18.9 Å². The van der Waals surface area contributed by atoms with Gasteiger partial charge in [-0.25, -0.2) is 14.5 Å². The normalized spacial score (nSPS) is 22.8. The summed E-state index contributed by atoms with van der Waals surface area (Å²) in [4.78, 5) is 20.8. The van der Waals surface area contributed by atoms with Gasteiger partial charge in [0.1, 0.15) is 11.3 Å². The van der Waals surface area contributed by atoms with Crippen molar-refractivity contribution in [3.8, 4) is 5.75 Å². The highest BCUT2D eigenvalue weighted by Gasteiger charge is 2.59. The maximum absolute atomic E-state index is 14.3. The molecule has 2 aromatic carbocycles. The van der Waals surface area contributed by atoms with E-state index >= 15 is 0 Å². The molecule has 39 heavy (non-hydrogen) atoms. The zero-order chi connectivity index (χ0) is 31.1. The molecule has 15 heteroatoms. The highest BCUT2D eigenvalue weighted by molar-refractivity contribution is 7.48. The van der Waals surface area contributed by atoms with Crippen molar-refractivity contribution in [3.63, 3.8) is 0 Å². The molecule has 1 amide bonds. The summed E-state index contributed by atoms with van der Waals surface area (Å²) < 4.78 is 97.2. The van der Waals surface area contributed by atoms with Crippen LogP contribution < -0.4 is 9.64 Å². The summed E-state index contributed by atoms with van der Waals surface area (Å²) in [6, 6.07) is 8.57. The lowest BCUT2D eigenvalue weighted by molar-refractivity contribution is -0.274. The fourth-order valence-electron chi connectivity index (χ4n) is 4.23. The van der Waals surface area contributed by atoms with Gasteiger partial charge in [0.15, 0.2) is 6.23 Å². The number of aliphatic imine (C=N–C) groups is 1. The summed E-state index contributed by atoms with van der Waals surface area (Å²) in [7, 11) is -4.26. The highest BCUT2D eigenvalue weighted by atomic mass is 35.5. The number of phosphoric acid groups is 1. The third-order valence-electron chi connectivity index (χ3n) is 5.61. The van der Waals surface area contributed by atoms with Crippen LogP contribution in [0, 0.1) is 0 Å². The van der Waals surface area contributed by atoms with E-state index in [9.17, 15) is 22.5 Å². The van der Waals surface area contributed by atoms with E-state index < -0.39 is 50.9 Å². The monoisotopic (exact) mass is 614 g/mol. The van der Waals surface area contributed by atoms with Crippen molar-refractivity contribution >= 4 is 48.6 Å². The topological polar surface area (TPSA) is 89.9 Å². The SMILES string of the molecule is [2H]C([2H])([2H])[C@@]1(Cc2ccc(OC(F)(F)F)cc2)C(=O)N(c2cc(Cl)cc(Cl)c2)C2=N[13CH2][13CH](OP(=O)(OCC)OCC)N21. The Kier molecular flexibility index (Phi) is 7.40. The van der Waals surface area contributed by atoms with Crippen molar-refractivity contribution in [1.82, 2.24) is 4.90 Å². The van der Waals surface area contributed by atoms with Crippen LogP contribution in [-0.2, 0) is 29.4 Å². The molecule has 2 aliphatic heterocycles. The number of nitrogens with zero attached hydrogens (tertiary/aromatic N) is 3. The number of carbonyl (C=O) groups excluding carboxylic acids is 1. The van der Waals surface area contributed by atoms with Gasteiger partial charge in [-0.1, -0.05) is 35.3 Å². The van der Waals surface area contributed by atoms with Crippen molar-refractivity contribution in [2.24, 2.45) is 4.99 Å². The summed E-state index contributed by atoms with van der Waals surface area (Å²) in [5, 5.41) is 0.291. The summed E-state index contributed by atoms with van der Waals surface area (Å²) in [5.74, 6) is -1.68. The molecule has 2 atom stereocenters. The number of rotatable bonds is 10. The van der Waals surface area contributed by atoms with E-state index in [1.165, 1.54) is 30.3 Å². The number of benzene rings is 2. The average molecular weight is 615 g/mol. The number of hydrogen-bond acceptors (Lipinski definition) is 8. The maximum Gasteiger partial charge on any atom is 0.573 e. The Bertz CT molecular complexity index is 1390. The van der Waals surface area contributed by atoms with Crippen LogP contribution in [0.25, 0.3) is 0 Å². The van der Waals surface area contributed by atoms with Gasteiger partial charge in [-0.05, 0) is 56.6 Å². The molecular formula is C24H25Cl2F3N3O6P. The van der Waals surface area contributed by atoms with E-state index in [2.05, 4.69) is 9.73 Å². The summed E-state index contributed by atoms with van der Waals surface area (Å²) in [5.41, 5.74) is -2.18.